The van der Waals surface area contributed by atoms with Crippen LogP contribution in [0.25, 0.3) is 0 Å². The first-order chi connectivity index (χ1) is 7.56. The first-order valence-corrected chi connectivity index (χ1v) is 5.15. The van der Waals surface area contributed by atoms with E-state index in [1.165, 1.54) is 6.20 Å². The van der Waals surface area contributed by atoms with E-state index in [0.29, 0.717) is 11.6 Å². The summed E-state index contributed by atoms with van der Waals surface area (Å²) in [6.07, 6.45) is 1.44. The van der Waals surface area contributed by atoms with E-state index in [9.17, 15) is 4.79 Å². The number of aromatic nitrogens is 3. The van der Waals surface area contributed by atoms with Crippen LogP contribution in [0.3, 0.4) is 0 Å². The lowest BCUT2D eigenvalue weighted by molar-refractivity contribution is 0.0690. The zero-order valence-electron chi connectivity index (χ0n) is 8.51. The monoisotopic (exact) mass is 242 g/mol. The Morgan fingerprint density at radius 3 is 2.88 bits per heavy atom. The second-order valence-electron chi connectivity index (χ2n) is 3.75. The minimum absolute atomic E-state index is 0.0276. The first-order valence-electron chi connectivity index (χ1n) is 4.77. The van der Waals surface area contributed by atoms with E-state index in [0.717, 1.165) is 13.1 Å². The fraction of sp³-hybridized carbons (Fsp3) is 0.444. The molecule has 1 saturated heterocycles. The van der Waals surface area contributed by atoms with Crippen molar-refractivity contribution < 1.29 is 9.90 Å². The van der Waals surface area contributed by atoms with Gasteiger partial charge in [0.15, 0.2) is 5.69 Å². The van der Waals surface area contributed by atoms with E-state index >= 15 is 0 Å². The molecule has 2 rings (SSSR count). The maximum Gasteiger partial charge on any atom is 0.358 e. The number of likely N-dealkylation sites (tertiary alicyclic amines) is 1. The van der Waals surface area contributed by atoms with E-state index in [4.69, 9.17) is 16.7 Å². The summed E-state index contributed by atoms with van der Waals surface area (Å²) < 4.78 is 1.58. The Morgan fingerprint density at radius 2 is 2.38 bits per heavy atom. The second-order valence-corrected chi connectivity index (χ2v) is 4.29. The number of hydrogen-bond donors (Lipinski definition) is 1. The number of hydrogen-bond acceptors (Lipinski definition) is 4. The molecule has 86 valence electrons. The van der Waals surface area contributed by atoms with E-state index in [1.54, 1.807) is 4.68 Å². The van der Waals surface area contributed by atoms with Crippen LogP contribution in [-0.4, -0.2) is 50.6 Å². The highest BCUT2D eigenvalue weighted by Gasteiger charge is 2.29. The quantitative estimate of drug-likeness (QED) is 0.837. The predicted molar refractivity (Wildman–Crippen MR) is 57.5 cm³/mol. The molecule has 1 N–H and O–H groups in total. The third kappa shape index (κ3) is 2.23. The first kappa shape index (κ1) is 11.1. The third-order valence-corrected chi connectivity index (χ3v) is 2.56. The summed E-state index contributed by atoms with van der Waals surface area (Å²) in [6, 6.07) is 0.177. The van der Waals surface area contributed by atoms with E-state index in [2.05, 4.69) is 21.8 Å². The van der Waals surface area contributed by atoms with Gasteiger partial charge < -0.3 is 5.11 Å². The van der Waals surface area contributed by atoms with Crippen molar-refractivity contribution >= 4 is 17.6 Å². The van der Waals surface area contributed by atoms with Crippen LogP contribution in [0.4, 0.5) is 0 Å². The molecule has 0 atom stereocenters. The molecule has 0 amide bonds. The molecular formula is C9H11ClN4O2. The van der Waals surface area contributed by atoms with Gasteiger partial charge >= 0.3 is 5.97 Å². The summed E-state index contributed by atoms with van der Waals surface area (Å²) >= 11 is 5.68. The van der Waals surface area contributed by atoms with Crippen molar-refractivity contribution in [3.63, 3.8) is 0 Å². The highest BCUT2D eigenvalue weighted by Crippen LogP contribution is 2.21. The minimum atomic E-state index is -1.06. The molecule has 1 aromatic rings. The molecule has 0 aromatic carbocycles. The van der Waals surface area contributed by atoms with Gasteiger partial charge in [-0.25, -0.2) is 9.48 Å². The summed E-state index contributed by atoms with van der Waals surface area (Å²) in [6.45, 7) is 5.84. The molecular weight excluding hydrogens is 232 g/mol. The molecule has 0 aliphatic carbocycles. The number of aromatic carboxylic acids is 1. The maximum absolute atomic E-state index is 10.6. The molecule has 0 spiro atoms. The molecule has 0 saturated carbocycles. The zero-order valence-corrected chi connectivity index (χ0v) is 9.26. The largest absolute Gasteiger partial charge is 0.476 e. The van der Waals surface area contributed by atoms with Crippen molar-refractivity contribution in [2.75, 3.05) is 19.6 Å². The molecule has 1 aliphatic rings. The summed E-state index contributed by atoms with van der Waals surface area (Å²) in [7, 11) is 0. The predicted octanol–water partition coefficient (Wildman–Crippen LogP) is 0.585. The zero-order chi connectivity index (χ0) is 11.7. The highest BCUT2D eigenvalue weighted by molar-refractivity contribution is 6.29. The van der Waals surface area contributed by atoms with Crippen molar-refractivity contribution in [1.29, 1.82) is 0 Å². The second kappa shape index (κ2) is 4.23. The van der Waals surface area contributed by atoms with Crippen molar-refractivity contribution in [3.8, 4) is 0 Å². The van der Waals surface area contributed by atoms with Crippen LogP contribution in [0, 0.1) is 0 Å². The fourth-order valence-electron chi connectivity index (χ4n) is 1.63. The topological polar surface area (TPSA) is 71.2 Å². The Hall–Kier alpha value is -1.40. The molecule has 16 heavy (non-hydrogen) atoms. The average molecular weight is 243 g/mol. The van der Waals surface area contributed by atoms with Gasteiger partial charge in [0.2, 0.25) is 0 Å². The molecule has 2 heterocycles. The number of carboxylic acids is 1. The summed E-state index contributed by atoms with van der Waals surface area (Å²) in [5, 5.41) is 16.6. The average Bonchev–Trinajstić information content (AvgIpc) is 2.58. The minimum Gasteiger partial charge on any atom is -0.476 e. The Kier molecular flexibility index (Phi) is 2.93. The standard InChI is InChI=1S/C9H11ClN4O2/c1-6(10)2-13-3-7(4-13)14-5-8(9(15)16)11-12-14/h5,7H,1-4H2,(H,15,16). The maximum atomic E-state index is 10.6. The summed E-state index contributed by atoms with van der Waals surface area (Å²) in [4.78, 5) is 12.7. The van der Waals surface area contributed by atoms with Crippen LogP contribution < -0.4 is 0 Å². The number of nitrogens with zero attached hydrogens (tertiary/aromatic N) is 4. The number of halogens is 1. The third-order valence-electron chi connectivity index (χ3n) is 2.44. The number of carboxylic acid groups (broad SMARTS) is 1. The Morgan fingerprint density at radius 1 is 1.69 bits per heavy atom. The van der Waals surface area contributed by atoms with Crippen LogP contribution in [0.2, 0.25) is 0 Å². The van der Waals surface area contributed by atoms with Gasteiger partial charge in [-0.2, -0.15) is 0 Å². The van der Waals surface area contributed by atoms with Gasteiger partial charge in [-0.3, -0.25) is 4.90 Å². The van der Waals surface area contributed by atoms with Crippen molar-refractivity contribution in [3.05, 3.63) is 23.5 Å². The van der Waals surface area contributed by atoms with Crippen LogP contribution in [0.1, 0.15) is 16.5 Å². The van der Waals surface area contributed by atoms with Crippen LogP contribution in [0.15, 0.2) is 17.8 Å². The van der Waals surface area contributed by atoms with Gasteiger partial charge in [0.25, 0.3) is 0 Å². The van der Waals surface area contributed by atoms with Gasteiger partial charge in [-0.1, -0.05) is 23.4 Å². The molecule has 1 aliphatic heterocycles. The Labute approximate surface area is 97.1 Å². The summed E-state index contributed by atoms with van der Waals surface area (Å²) in [5.41, 5.74) is -0.0276. The van der Waals surface area contributed by atoms with Crippen LogP contribution >= 0.6 is 11.6 Å². The molecule has 0 unspecified atom stereocenters. The SMILES string of the molecule is C=C(Cl)CN1CC(n2cc(C(=O)O)nn2)C1. The smallest absolute Gasteiger partial charge is 0.358 e. The molecule has 0 bridgehead atoms. The normalized spacial score (nSPS) is 17.1. The summed E-state index contributed by atoms with van der Waals surface area (Å²) in [5.74, 6) is -1.06. The Balaban J connectivity index is 1.91. The van der Waals surface area contributed by atoms with Crippen LogP contribution in [0.5, 0.6) is 0 Å². The van der Waals surface area contributed by atoms with Gasteiger partial charge in [0.05, 0.1) is 12.2 Å². The van der Waals surface area contributed by atoms with Gasteiger partial charge in [-0.05, 0) is 0 Å². The van der Waals surface area contributed by atoms with Crippen molar-refractivity contribution in [2.45, 2.75) is 6.04 Å². The van der Waals surface area contributed by atoms with Gasteiger partial charge in [-0.15, -0.1) is 5.10 Å². The highest BCUT2D eigenvalue weighted by atomic mass is 35.5. The lowest BCUT2D eigenvalue weighted by atomic mass is 10.1. The lowest BCUT2D eigenvalue weighted by Gasteiger charge is -2.38. The van der Waals surface area contributed by atoms with E-state index in [-0.39, 0.29) is 11.7 Å². The molecule has 1 aromatic heterocycles. The number of rotatable bonds is 4. The van der Waals surface area contributed by atoms with Crippen LogP contribution in [-0.2, 0) is 0 Å². The number of carbonyl (C=O) groups is 1. The molecule has 0 radical (unpaired) electrons. The fourth-order valence-corrected chi connectivity index (χ4v) is 1.80. The van der Waals surface area contributed by atoms with Gasteiger partial charge in [0, 0.05) is 24.7 Å². The van der Waals surface area contributed by atoms with Crippen molar-refractivity contribution in [1.82, 2.24) is 19.9 Å². The molecule has 1 fully saturated rings. The molecule has 7 heteroatoms. The molecule has 6 nitrogen and oxygen atoms in total. The van der Waals surface area contributed by atoms with E-state index in [1.807, 2.05) is 0 Å². The van der Waals surface area contributed by atoms with E-state index < -0.39 is 5.97 Å². The lowest BCUT2D eigenvalue weighted by Crippen LogP contribution is -2.48. The Bertz CT molecular complexity index is 425. The van der Waals surface area contributed by atoms with Gasteiger partial charge in [0.1, 0.15) is 0 Å². The van der Waals surface area contributed by atoms with Crippen molar-refractivity contribution in [2.24, 2.45) is 0 Å².